The van der Waals surface area contributed by atoms with E-state index in [1.807, 2.05) is 0 Å². The number of carbonyl (C=O) groups is 2. The van der Waals surface area contributed by atoms with Gasteiger partial charge in [-0.1, -0.05) is 38.2 Å². The Morgan fingerprint density at radius 3 is 2.38 bits per heavy atom. The first kappa shape index (κ1) is 37.9. The van der Waals surface area contributed by atoms with Gasteiger partial charge in [0.05, 0.1) is 21.0 Å². The Morgan fingerprint density at radius 1 is 1.08 bits per heavy atom. The number of aromatic nitrogens is 2. The standard InChI is InChI=1S/C33H43F3N6O5S2Si/c1-18(2)40-49(45,46)24-16-21(15-22-17-42(30(44)27(22)24)20(4)33(34,35)36)28-19(3)37-31(48-28)39-25-11-10-12-26(38-25)41-14-13-23(29(41)43)47-50(8,9)32(5,6)7/h10-12,15-16,18,20,23,40H,13-14,17H2,1-9H3,(H,37,38,39)/t20?,23-/m0/s1. The fourth-order valence-corrected chi connectivity index (χ4v) is 9.40. The van der Waals surface area contributed by atoms with Crippen LogP contribution >= 0.6 is 11.3 Å². The molecule has 2 amide bonds. The molecular formula is C33H43F3N6O5S2Si. The van der Waals surface area contributed by atoms with Gasteiger partial charge in [-0.3, -0.25) is 14.5 Å². The summed E-state index contributed by atoms with van der Waals surface area (Å²) in [6.07, 6.45) is -4.67. The highest BCUT2D eigenvalue weighted by Crippen LogP contribution is 2.42. The van der Waals surface area contributed by atoms with Crippen molar-refractivity contribution in [3.8, 4) is 10.4 Å². The Hall–Kier alpha value is -3.38. The van der Waals surface area contributed by atoms with Crippen molar-refractivity contribution in [1.82, 2.24) is 19.6 Å². The van der Waals surface area contributed by atoms with Gasteiger partial charge in [-0.2, -0.15) is 13.2 Å². The number of nitrogens with zero attached hydrogens (tertiary/aromatic N) is 4. The van der Waals surface area contributed by atoms with E-state index in [0.717, 1.165) is 6.92 Å². The first-order valence-corrected chi connectivity index (χ1v) is 21.5. The van der Waals surface area contributed by atoms with Crippen molar-refractivity contribution in [1.29, 1.82) is 0 Å². The highest BCUT2D eigenvalue weighted by Gasteiger charge is 2.47. The molecule has 0 aliphatic carbocycles. The van der Waals surface area contributed by atoms with E-state index < -0.39 is 55.2 Å². The summed E-state index contributed by atoms with van der Waals surface area (Å²) in [5.74, 6) is -0.250. The molecule has 272 valence electrons. The van der Waals surface area contributed by atoms with Crippen molar-refractivity contribution in [3.05, 3.63) is 47.2 Å². The SMILES string of the molecule is Cc1nc(Nc2cccc(N3CC[C@H](O[Si](C)(C)C(C)(C)C)C3=O)n2)sc1-c1cc2c(c(S(=O)(=O)NC(C)C)c1)C(=O)N(C(C)C(F)(F)F)C2. The summed E-state index contributed by atoms with van der Waals surface area (Å²) < 4.78 is 76.8. The minimum atomic E-state index is -4.70. The highest BCUT2D eigenvalue weighted by molar-refractivity contribution is 7.89. The minimum absolute atomic E-state index is 0.0441. The molecule has 2 atom stereocenters. The van der Waals surface area contributed by atoms with Gasteiger partial charge in [0.25, 0.3) is 11.8 Å². The lowest BCUT2D eigenvalue weighted by Crippen LogP contribution is -2.46. The Kier molecular flexibility index (Phi) is 10.1. The summed E-state index contributed by atoms with van der Waals surface area (Å²) in [7, 11) is -6.46. The molecule has 2 aromatic heterocycles. The molecule has 1 unspecified atom stereocenters. The monoisotopic (exact) mass is 752 g/mol. The van der Waals surface area contributed by atoms with E-state index in [-0.39, 0.29) is 27.0 Å². The zero-order valence-electron chi connectivity index (χ0n) is 29.5. The number of alkyl halides is 3. The smallest absolute Gasteiger partial charge is 0.405 e. The average molecular weight is 753 g/mol. The number of carbonyl (C=O) groups excluding carboxylic acids is 2. The molecule has 1 aromatic carbocycles. The van der Waals surface area contributed by atoms with Crippen LogP contribution in [0.15, 0.2) is 35.2 Å². The van der Waals surface area contributed by atoms with Gasteiger partial charge < -0.3 is 14.6 Å². The molecular weight excluding hydrogens is 710 g/mol. The molecule has 11 nitrogen and oxygen atoms in total. The third kappa shape index (κ3) is 7.47. The van der Waals surface area contributed by atoms with E-state index in [1.54, 1.807) is 49.9 Å². The highest BCUT2D eigenvalue weighted by atomic mass is 32.2. The number of hydrogen-bond acceptors (Lipinski definition) is 9. The van der Waals surface area contributed by atoms with Crippen LogP contribution in [0.2, 0.25) is 18.1 Å². The maximum Gasteiger partial charge on any atom is 0.408 e. The maximum absolute atomic E-state index is 13.7. The number of fused-ring (bicyclic) bond motifs is 1. The molecule has 1 saturated heterocycles. The number of rotatable bonds is 10. The van der Waals surface area contributed by atoms with Gasteiger partial charge in [0.1, 0.15) is 23.8 Å². The van der Waals surface area contributed by atoms with Gasteiger partial charge in [0.15, 0.2) is 13.4 Å². The molecule has 17 heteroatoms. The predicted octanol–water partition coefficient (Wildman–Crippen LogP) is 6.98. The van der Waals surface area contributed by atoms with Crippen LogP contribution in [0.5, 0.6) is 0 Å². The summed E-state index contributed by atoms with van der Waals surface area (Å²) in [6, 6.07) is 5.46. The van der Waals surface area contributed by atoms with Crippen molar-refractivity contribution >= 4 is 58.3 Å². The molecule has 5 rings (SSSR count). The zero-order valence-corrected chi connectivity index (χ0v) is 32.2. The van der Waals surface area contributed by atoms with E-state index in [0.29, 0.717) is 50.8 Å². The average Bonchev–Trinajstić information content (AvgIpc) is 3.64. The predicted molar refractivity (Wildman–Crippen MR) is 190 cm³/mol. The lowest BCUT2D eigenvalue weighted by molar-refractivity contribution is -0.172. The normalized spacial score (nSPS) is 18.0. The Balaban J connectivity index is 1.43. The number of anilines is 3. The topological polar surface area (TPSA) is 134 Å². The molecule has 0 spiro atoms. The number of thiazole rings is 1. The van der Waals surface area contributed by atoms with E-state index in [1.165, 1.54) is 17.4 Å². The third-order valence-corrected chi connectivity index (χ3v) is 16.6. The third-order valence-electron chi connectivity index (χ3n) is 9.33. The number of hydrogen-bond donors (Lipinski definition) is 2. The lowest BCUT2D eigenvalue weighted by Gasteiger charge is -2.37. The first-order chi connectivity index (χ1) is 23.0. The molecule has 1 fully saturated rings. The van der Waals surface area contributed by atoms with Crippen LogP contribution < -0.4 is 14.9 Å². The van der Waals surface area contributed by atoms with Gasteiger partial charge in [0, 0.05) is 19.1 Å². The Labute approximate surface area is 295 Å². The van der Waals surface area contributed by atoms with Gasteiger partial charge >= 0.3 is 6.18 Å². The molecule has 3 aromatic rings. The van der Waals surface area contributed by atoms with E-state index in [9.17, 15) is 31.2 Å². The molecule has 0 radical (unpaired) electrons. The van der Waals surface area contributed by atoms with Crippen molar-refractivity contribution in [3.63, 3.8) is 0 Å². The van der Waals surface area contributed by atoms with Gasteiger partial charge in [-0.25, -0.2) is 23.1 Å². The summed E-state index contributed by atoms with van der Waals surface area (Å²) >= 11 is 1.19. The Morgan fingerprint density at radius 2 is 1.76 bits per heavy atom. The van der Waals surface area contributed by atoms with E-state index >= 15 is 0 Å². The number of aryl methyl sites for hydroxylation is 1. The summed E-state index contributed by atoms with van der Waals surface area (Å²) in [5, 5.41) is 3.54. The minimum Gasteiger partial charge on any atom is -0.405 e. The van der Waals surface area contributed by atoms with Crippen molar-refractivity contribution in [2.45, 2.75) is 109 Å². The second-order valence-electron chi connectivity index (χ2n) is 14.5. The van der Waals surface area contributed by atoms with E-state index in [4.69, 9.17) is 4.43 Å². The zero-order chi connectivity index (χ0) is 37.1. The number of sulfonamides is 1. The van der Waals surface area contributed by atoms with Crippen LogP contribution in [0.4, 0.5) is 29.9 Å². The summed E-state index contributed by atoms with van der Waals surface area (Å²) in [5.41, 5.74) is 0.824. The number of halogens is 3. The fourth-order valence-electron chi connectivity index (χ4n) is 5.64. The maximum atomic E-state index is 13.7. The number of nitrogens with one attached hydrogen (secondary N) is 2. The summed E-state index contributed by atoms with van der Waals surface area (Å²) in [4.78, 5) is 38.4. The fraction of sp³-hybridized carbons (Fsp3) is 0.515. The van der Waals surface area contributed by atoms with Crippen LogP contribution in [0.25, 0.3) is 10.4 Å². The van der Waals surface area contributed by atoms with Crippen LogP contribution in [-0.2, 0) is 25.8 Å². The molecule has 4 heterocycles. The molecule has 2 N–H and O–H groups in total. The number of amides is 2. The molecule has 2 aliphatic rings. The van der Waals surface area contributed by atoms with Gasteiger partial charge in [0.2, 0.25) is 10.0 Å². The van der Waals surface area contributed by atoms with Crippen molar-refractivity contribution < 1.29 is 35.6 Å². The number of pyridine rings is 1. The van der Waals surface area contributed by atoms with Crippen molar-refractivity contribution in [2.24, 2.45) is 0 Å². The summed E-state index contributed by atoms with van der Waals surface area (Å²) in [6.45, 7) is 16.5. The Bertz CT molecular complexity index is 1930. The van der Waals surface area contributed by atoms with Crippen molar-refractivity contribution in [2.75, 3.05) is 16.8 Å². The van der Waals surface area contributed by atoms with Crippen LogP contribution in [0.3, 0.4) is 0 Å². The molecule has 50 heavy (non-hydrogen) atoms. The number of benzene rings is 1. The van der Waals surface area contributed by atoms with Gasteiger partial charge in [-0.05, 0) is 87.6 Å². The second-order valence-corrected chi connectivity index (χ2v) is 22.0. The molecule has 0 saturated carbocycles. The molecule has 0 bridgehead atoms. The lowest BCUT2D eigenvalue weighted by atomic mass is 10.0. The largest absolute Gasteiger partial charge is 0.408 e. The quantitative estimate of drug-likeness (QED) is 0.212. The van der Waals surface area contributed by atoms with Crippen LogP contribution in [-0.4, -0.2) is 74.3 Å². The first-order valence-electron chi connectivity index (χ1n) is 16.3. The van der Waals surface area contributed by atoms with E-state index in [2.05, 4.69) is 53.9 Å². The second kappa shape index (κ2) is 13.3. The van der Waals surface area contributed by atoms with Gasteiger partial charge in [-0.15, -0.1) is 0 Å². The van der Waals surface area contributed by atoms with Crippen LogP contribution in [0.1, 0.15) is 69.6 Å². The van der Waals surface area contributed by atoms with Crippen LogP contribution in [0, 0.1) is 6.92 Å². The molecule has 2 aliphatic heterocycles.